The Bertz CT molecular complexity index is 845. The molecule has 0 aliphatic carbocycles. The second-order valence-electron chi connectivity index (χ2n) is 5.22. The number of thioether (sulfide) groups is 1. The zero-order valence-electron chi connectivity index (χ0n) is 13.5. The molecular formula is C18H18N4OS. The quantitative estimate of drug-likeness (QED) is 0.691. The van der Waals surface area contributed by atoms with E-state index >= 15 is 0 Å². The van der Waals surface area contributed by atoms with Crippen LogP contribution >= 0.6 is 11.8 Å². The number of amides is 2. The van der Waals surface area contributed by atoms with Crippen LogP contribution < -0.4 is 10.6 Å². The summed E-state index contributed by atoms with van der Waals surface area (Å²) in [4.78, 5) is 13.3. The van der Waals surface area contributed by atoms with Crippen LogP contribution in [0.15, 0.2) is 65.6 Å². The SMILES string of the molecule is CSc1cccc(NC(=O)Nc2cc(-c3ccccc3)n(C)n2)c1. The molecule has 0 aliphatic rings. The van der Waals surface area contributed by atoms with Crippen LogP contribution in [0, 0.1) is 0 Å². The first kappa shape index (κ1) is 16.1. The van der Waals surface area contributed by atoms with Gasteiger partial charge in [0.1, 0.15) is 0 Å². The van der Waals surface area contributed by atoms with E-state index in [0.717, 1.165) is 21.8 Å². The summed E-state index contributed by atoms with van der Waals surface area (Å²) in [5.41, 5.74) is 2.74. The maximum absolute atomic E-state index is 12.2. The lowest BCUT2D eigenvalue weighted by Gasteiger charge is -2.06. The molecule has 0 bridgehead atoms. The van der Waals surface area contributed by atoms with E-state index in [1.807, 2.05) is 74.0 Å². The highest BCUT2D eigenvalue weighted by Crippen LogP contribution is 2.22. The minimum Gasteiger partial charge on any atom is -0.308 e. The van der Waals surface area contributed by atoms with Crippen LogP contribution in [0.5, 0.6) is 0 Å². The molecule has 5 nitrogen and oxygen atoms in total. The first-order valence-corrected chi connectivity index (χ1v) is 8.70. The number of aryl methyl sites for hydroxylation is 1. The van der Waals surface area contributed by atoms with E-state index in [-0.39, 0.29) is 6.03 Å². The van der Waals surface area contributed by atoms with E-state index in [2.05, 4.69) is 15.7 Å². The lowest BCUT2D eigenvalue weighted by molar-refractivity contribution is 0.262. The molecule has 6 heteroatoms. The predicted octanol–water partition coefficient (Wildman–Crippen LogP) is 4.45. The number of carbonyl (C=O) groups excluding carboxylic acids is 1. The third-order valence-electron chi connectivity index (χ3n) is 3.52. The number of anilines is 2. The maximum Gasteiger partial charge on any atom is 0.324 e. The van der Waals surface area contributed by atoms with Gasteiger partial charge in [0.15, 0.2) is 5.82 Å². The van der Waals surface area contributed by atoms with Crippen molar-refractivity contribution in [1.29, 1.82) is 0 Å². The van der Waals surface area contributed by atoms with Crippen LogP contribution in [0.4, 0.5) is 16.3 Å². The third-order valence-corrected chi connectivity index (χ3v) is 4.24. The van der Waals surface area contributed by atoms with E-state index < -0.39 is 0 Å². The Hall–Kier alpha value is -2.73. The van der Waals surface area contributed by atoms with E-state index in [0.29, 0.717) is 5.82 Å². The Labute approximate surface area is 145 Å². The van der Waals surface area contributed by atoms with E-state index in [4.69, 9.17) is 0 Å². The summed E-state index contributed by atoms with van der Waals surface area (Å²) in [6, 6.07) is 19.2. The summed E-state index contributed by atoms with van der Waals surface area (Å²) in [6.45, 7) is 0. The van der Waals surface area contributed by atoms with Crippen molar-refractivity contribution >= 4 is 29.3 Å². The van der Waals surface area contributed by atoms with Crippen LogP contribution in [-0.4, -0.2) is 22.1 Å². The highest BCUT2D eigenvalue weighted by molar-refractivity contribution is 7.98. The molecule has 2 N–H and O–H groups in total. The van der Waals surface area contributed by atoms with Gasteiger partial charge in [0.2, 0.25) is 0 Å². The molecule has 0 atom stereocenters. The minimum atomic E-state index is -0.314. The summed E-state index contributed by atoms with van der Waals surface area (Å²) in [7, 11) is 1.85. The molecule has 0 radical (unpaired) electrons. The number of hydrogen-bond donors (Lipinski definition) is 2. The summed E-state index contributed by atoms with van der Waals surface area (Å²) < 4.78 is 1.75. The summed E-state index contributed by atoms with van der Waals surface area (Å²) in [5, 5.41) is 9.93. The van der Waals surface area contributed by atoms with Gasteiger partial charge in [-0.1, -0.05) is 36.4 Å². The molecule has 0 fully saturated rings. The number of urea groups is 1. The second kappa shape index (κ2) is 7.23. The van der Waals surface area contributed by atoms with Gasteiger partial charge in [-0.05, 0) is 30.0 Å². The molecule has 3 aromatic rings. The fourth-order valence-electron chi connectivity index (χ4n) is 2.39. The Kier molecular flexibility index (Phi) is 4.86. The highest BCUT2D eigenvalue weighted by Gasteiger charge is 2.10. The van der Waals surface area contributed by atoms with Crippen molar-refractivity contribution in [1.82, 2.24) is 9.78 Å². The first-order valence-electron chi connectivity index (χ1n) is 7.47. The Balaban J connectivity index is 1.71. The number of nitrogens with zero attached hydrogens (tertiary/aromatic N) is 2. The summed E-state index contributed by atoms with van der Waals surface area (Å²) in [6.07, 6.45) is 2.00. The monoisotopic (exact) mass is 338 g/mol. The first-order chi connectivity index (χ1) is 11.7. The number of rotatable bonds is 4. The number of nitrogens with one attached hydrogen (secondary N) is 2. The molecule has 24 heavy (non-hydrogen) atoms. The maximum atomic E-state index is 12.2. The zero-order chi connectivity index (χ0) is 16.9. The average molecular weight is 338 g/mol. The molecular weight excluding hydrogens is 320 g/mol. The number of carbonyl (C=O) groups is 1. The van der Waals surface area contributed by atoms with Crippen LogP contribution in [0.3, 0.4) is 0 Å². The highest BCUT2D eigenvalue weighted by atomic mass is 32.2. The van der Waals surface area contributed by atoms with Gasteiger partial charge in [0.05, 0.1) is 5.69 Å². The fraction of sp³-hybridized carbons (Fsp3) is 0.111. The van der Waals surface area contributed by atoms with Crippen molar-refractivity contribution in [3.05, 3.63) is 60.7 Å². The lowest BCUT2D eigenvalue weighted by Crippen LogP contribution is -2.19. The van der Waals surface area contributed by atoms with Gasteiger partial charge >= 0.3 is 6.03 Å². The van der Waals surface area contributed by atoms with Crippen molar-refractivity contribution < 1.29 is 4.79 Å². The standard InChI is InChI=1S/C18H18N4OS/c1-22-16(13-7-4-3-5-8-13)12-17(21-22)20-18(23)19-14-9-6-10-15(11-14)24-2/h3-12H,1-2H3,(H2,19,20,21,23). The minimum absolute atomic E-state index is 0.314. The molecule has 1 aromatic heterocycles. The van der Waals surface area contributed by atoms with Gasteiger partial charge < -0.3 is 5.32 Å². The average Bonchev–Trinajstić information content (AvgIpc) is 2.96. The molecule has 0 unspecified atom stereocenters. The third kappa shape index (κ3) is 3.78. The lowest BCUT2D eigenvalue weighted by atomic mass is 10.1. The molecule has 0 aliphatic heterocycles. The molecule has 0 saturated heterocycles. The largest absolute Gasteiger partial charge is 0.324 e. The van der Waals surface area contributed by atoms with Gasteiger partial charge in [-0.3, -0.25) is 10.00 Å². The van der Waals surface area contributed by atoms with Crippen LogP contribution in [0.1, 0.15) is 0 Å². The zero-order valence-corrected chi connectivity index (χ0v) is 14.3. The molecule has 1 heterocycles. The van der Waals surface area contributed by atoms with Crippen LogP contribution in [-0.2, 0) is 7.05 Å². The van der Waals surface area contributed by atoms with Crippen molar-refractivity contribution in [3.63, 3.8) is 0 Å². The number of aromatic nitrogens is 2. The second-order valence-corrected chi connectivity index (χ2v) is 6.10. The van der Waals surface area contributed by atoms with Crippen LogP contribution in [0.2, 0.25) is 0 Å². The van der Waals surface area contributed by atoms with Crippen LogP contribution in [0.25, 0.3) is 11.3 Å². The van der Waals surface area contributed by atoms with Gasteiger partial charge in [-0.2, -0.15) is 5.10 Å². The van der Waals surface area contributed by atoms with E-state index in [9.17, 15) is 4.79 Å². The summed E-state index contributed by atoms with van der Waals surface area (Å²) in [5.74, 6) is 0.509. The Morgan fingerprint density at radius 3 is 2.58 bits per heavy atom. The smallest absolute Gasteiger partial charge is 0.308 e. The summed E-state index contributed by atoms with van der Waals surface area (Å²) >= 11 is 1.63. The predicted molar refractivity (Wildman–Crippen MR) is 99.5 cm³/mol. The molecule has 0 saturated carbocycles. The molecule has 2 amide bonds. The normalized spacial score (nSPS) is 10.4. The van der Waals surface area contributed by atoms with Gasteiger partial charge in [-0.15, -0.1) is 11.8 Å². The number of benzene rings is 2. The topological polar surface area (TPSA) is 59.0 Å². The van der Waals surface area contributed by atoms with Crippen molar-refractivity contribution in [2.24, 2.45) is 7.05 Å². The van der Waals surface area contributed by atoms with Crippen molar-refractivity contribution in [2.45, 2.75) is 4.90 Å². The molecule has 3 rings (SSSR count). The van der Waals surface area contributed by atoms with Crippen molar-refractivity contribution in [2.75, 3.05) is 16.9 Å². The Morgan fingerprint density at radius 2 is 1.83 bits per heavy atom. The number of hydrogen-bond acceptors (Lipinski definition) is 3. The van der Waals surface area contributed by atoms with Gasteiger partial charge in [-0.25, -0.2) is 4.79 Å². The Morgan fingerprint density at radius 1 is 1.04 bits per heavy atom. The van der Waals surface area contributed by atoms with E-state index in [1.165, 1.54) is 0 Å². The molecule has 0 spiro atoms. The molecule has 2 aromatic carbocycles. The van der Waals surface area contributed by atoms with Crippen molar-refractivity contribution in [3.8, 4) is 11.3 Å². The van der Waals surface area contributed by atoms with E-state index in [1.54, 1.807) is 16.4 Å². The van der Waals surface area contributed by atoms with Gasteiger partial charge in [0, 0.05) is 23.7 Å². The van der Waals surface area contributed by atoms with Gasteiger partial charge in [0.25, 0.3) is 0 Å². The molecule has 122 valence electrons. The fourth-order valence-corrected chi connectivity index (χ4v) is 2.85.